The number of carboxylic acid groups (broad SMARTS) is 1. The summed E-state index contributed by atoms with van der Waals surface area (Å²) < 4.78 is 0. The van der Waals surface area contributed by atoms with Gasteiger partial charge in [-0.2, -0.15) is 0 Å². The number of carbonyl (C=O) groups is 1. The van der Waals surface area contributed by atoms with Gasteiger partial charge in [-0.3, -0.25) is 0 Å². The molecule has 0 aliphatic rings. The van der Waals surface area contributed by atoms with Gasteiger partial charge in [-0.15, -0.1) is 0 Å². The Bertz CT molecular complexity index is 90.4. The van der Waals surface area contributed by atoms with Crippen LogP contribution in [0.25, 0.3) is 0 Å². The average molecular weight is 115 g/mol. The van der Waals surface area contributed by atoms with Gasteiger partial charge in [0.15, 0.2) is 0 Å². The third kappa shape index (κ3) is 5.17. The van der Waals surface area contributed by atoms with Gasteiger partial charge in [-0.25, -0.2) is 0 Å². The smallest absolute Gasteiger partial charge is 0.116 e. The Morgan fingerprint density at radius 2 is 2.50 bits per heavy atom. The van der Waals surface area contributed by atoms with Crippen molar-refractivity contribution in [2.45, 2.75) is 0 Å². The van der Waals surface area contributed by atoms with Crippen molar-refractivity contribution in [1.29, 1.82) is 0 Å². The lowest BCUT2D eigenvalue weighted by Crippen LogP contribution is -2.86. The number of carbonyl (C=O) groups excluding carboxylic acids is 1. The van der Waals surface area contributed by atoms with Crippen LogP contribution in [-0.4, -0.2) is 19.1 Å². The van der Waals surface area contributed by atoms with Crippen LogP contribution in [0.3, 0.4) is 0 Å². The molecule has 0 heterocycles. The molecule has 0 bridgehead atoms. The van der Waals surface area contributed by atoms with E-state index in [-0.39, 0.29) is 6.54 Å². The quantitative estimate of drug-likeness (QED) is 0.325. The lowest BCUT2D eigenvalue weighted by Gasteiger charge is -1.96. The molecule has 0 radical (unpaired) electrons. The van der Waals surface area contributed by atoms with E-state index in [0.29, 0.717) is 6.54 Å². The second-order valence-corrected chi connectivity index (χ2v) is 1.39. The van der Waals surface area contributed by atoms with Gasteiger partial charge in [0.1, 0.15) is 6.54 Å². The average Bonchev–Trinajstić information content (AvgIpc) is 1.66. The lowest BCUT2D eigenvalue weighted by atomic mass is 10.6. The zero-order chi connectivity index (χ0) is 6.41. The van der Waals surface area contributed by atoms with E-state index in [1.807, 2.05) is 0 Å². The molecule has 0 atom stereocenters. The highest BCUT2D eigenvalue weighted by atomic mass is 16.4. The van der Waals surface area contributed by atoms with Crippen molar-refractivity contribution < 1.29 is 15.2 Å². The van der Waals surface area contributed by atoms with E-state index in [9.17, 15) is 9.90 Å². The SMILES string of the molecule is C=CC[NH2+]CC(=O)[O-]. The van der Waals surface area contributed by atoms with Crippen LogP contribution >= 0.6 is 0 Å². The summed E-state index contributed by atoms with van der Waals surface area (Å²) >= 11 is 0. The fourth-order valence-corrected chi connectivity index (χ4v) is 0.319. The first-order chi connectivity index (χ1) is 3.77. The maximum absolute atomic E-state index is 9.70. The molecule has 0 amide bonds. The molecule has 0 saturated heterocycles. The van der Waals surface area contributed by atoms with E-state index in [1.165, 1.54) is 0 Å². The Morgan fingerprint density at radius 1 is 1.88 bits per heavy atom. The number of hydrogen-bond acceptors (Lipinski definition) is 2. The van der Waals surface area contributed by atoms with Gasteiger partial charge in [0.2, 0.25) is 0 Å². The Hall–Kier alpha value is -0.830. The number of carboxylic acids is 1. The van der Waals surface area contributed by atoms with Crippen molar-refractivity contribution in [2.24, 2.45) is 0 Å². The topological polar surface area (TPSA) is 56.7 Å². The predicted molar refractivity (Wildman–Crippen MR) is 26.9 cm³/mol. The summed E-state index contributed by atoms with van der Waals surface area (Å²) in [5, 5.41) is 11.3. The maximum Gasteiger partial charge on any atom is 0.116 e. The van der Waals surface area contributed by atoms with Crippen molar-refractivity contribution in [3.05, 3.63) is 12.7 Å². The molecule has 0 spiro atoms. The number of quaternary nitrogens is 1. The fourth-order valence-electron chi connectivity index (χ4n) is 0.319. The summed E-state index contributed by atoms with van der Waals surface area (Å²) in [5.74, 6) is -1.04. The van der Waals surface area contributed by atoms with Gasteiger partial charge >= 0.3 is 0 Å². The highest BCUT2D eigenvalue weighted by Gasteiger charge is 1.83. The van der Waals surface area contributed by atoms with E-state index < -0.39 is 5.97 Å². The van der Waals surface area contributed by atoms with Gasteiger partial charge in [-0.1, -0.05) is 6.58 Å². The molecule has 0 unspecified atom stereocenters. The molecule has 8 heavy (non-hydrogen) atoms. The van der Waals surface area contributed by atoms with E-state index in [4.69, 9.17) is 0 Å². The Morgan fingerprint density at radius 3 is 2.88 bits per heavy atom. The monoisotopic (exact) mass is 115 g/mol. The molecule has 0 saturated carbocycles. The molecule has 0 rings (SSSR count). The van der Waals surface area contributed by atoms with Crippen molar-refractivity contribution in [3.8, 4) is 0 Å². The van der Waals surface area contributed by atoms with Gasteiger partial charge in [0.05, 0.1) is 12.5 Å². The predicted octanol–water partition coefficient (Wildman–Crippen LogP) is -2.51. The third-order valence-electron chi connectivity index (χ3n) is 0.644. The molecule has 0 aromatic heterocycles. The van der Waals surface area contributed by atoms with Crippen LogP contribution in [0.1, 0.15) is 0 Å². The normalized spacial score (nSPS) is 8.50. The minimum atomic E-state index is -1.04. The molecule has 0 aliphatic heterocycles. The first-order valence-corrected chi connectivity index (χ1v) is 2.39. The molecule has 0 aliphatic carbocycles. The number of aliphatic carboxylic acids is 1. The summed E-state index contributed by atoms with van der Waals surface area (Å²) in [6.45, 7) is 4.07. The summed E-state index contributed by atoms with van der Waals surface area (Å²) in [4.78, 5) is 9.70. The van der Waals surface area contributed by atoms with Gasteiger partial charge in [0, 0.05) is 0 Å². The highest BCUT2D eigenvalue weighted by molar-refractivity contribution is 5.64. The van der Waals surface area contributed by atoms with Gasteiger partial charge < -0.3 is 15.2 Å². The minimum absolute atomic E-state index is 0.0199. The van der Waals surface area contributed by atoms with Gasteiger partial charge in [0.25, 0.3) is 0 Å². The Balaban J connectivity index is 2.93. The van der Waals surface area contributed by atoms with Crippen LogP contribution in [0.15, 0.2) is 12.7 Å². The molecule has 0 fully saturated rings. The molecular weight excluding hydrogens is 106 g/mol. The van der Waals surface area contributed by atoms with Crippen LogP contribution in [-0.2, 0) is 4.79 Å². The molecule has 0 aromatic rings. The second kappa shape index (κ2) is 4.33. The summed E-state index contributed by atoms with van der Waals surface area (Å²) in [7, 11) is 0. The second-order valence-electron chi connectivity index (χ2n) is 1.39. The molecular formula is C5H9NO2. The van der Waals surface area contributed by atoms with E-state index in [0.717, 1.165) is 0 Å². The maximum atomic E-state index is 9.70. The summed E-state index contributed by atoms with van der Waals surface area (Å²) in [6.07, 6.45) is 1.64. The zero-order valence-corrected chi connectivity index (χ0v) is 4.59. The van der Waals surface area contributed by atoms with Crippen LogP contribution in [0.5, 0.6) is 0 Å². The lowest BCUT2D eigenvalue weighted by molar-refractivity contribution is -0.641. The number of hydrogen-bond donors (Lipinski definition) is 1. The Labute approximate surface area is 48.0 Å². The third-order valence-corrected chi connectivity index (χ3v) is 0.644. The minimum Gasteiger partial charge on any atom is -0.544 e. The van der Waals surface area contributed by atoms with Crippen molar-refractivity contribution in [2.75, 3.05) is 13.1 Å². The highest BCUT2D eigenvalue weighted by Crippen LogP contribution is 1.44. The van der Waals surface area contributed by atoms with Gasteiger partial charge in [-0.05, 0) is 6.08 Å². The van der Waals surface area contributed by atoms with E-state index >= 15 is 0 Å². The molecule has 3 heteroatoms. The Kier molecular flexibility index (Phi) is 3.88. The number of nitrogens with two attached hydrogens (primary N) is 1. The van der Waals surface area contributed by atoms with Crippen LogP contribution in [0, 0.1) is 0 Å². The molecule has 2 N–H and O–H groups in total. The number of rotatable bonds is 4. The zero-order valence-electron chi connectivity index (χ0n) is 4.59. The standard InChI is InChI=1S/C5H9NO2/c1-2-3-6-4-5(7)8/h2,6H,1,3-4H2,(H,7,8). The van der Waals surface area contributed by atoms with Crippen LogP contribution in [0.4, 0.5) is 0 Å². The largest absolute Gasteiger partial charge is 0.544 e. The van der Waals surface area contributed by atoms with Crippen LogP contribution < -0.4 is 10.4 Å². The molecule has 3 nitrogen and oxygen atoms in total. The van der Waals surface area contributed by atoms with Crippen molar-refractivity contribution in [1.82, 2.24) is 0 Å². The first-order valence-electron chi connectivity index (χ1n) is 2.39. The van der Waals surface area contributed by atoms with Crippen LogP contribution in [0.2, 0.25) is 0 Å². The van der Waals surface area contributed by atoms with E-state index in [1.54, 1.807) is 11.4 Å². The first kappa shape index (κ1) is 7.17. The van der Waals surface area contributed by atoms with E-state index in [2.05, 4.69) is 6.58 Å². The van der Waals surface area contributed by atoms with Crippen molar-refractivity contribution >= 4 is 5.97 Å². The summed E-state index contributed by atoms with van der Waals surface area (Å²) in [5.41, 5.74) is 0. The molecule has 0 aromatic carbocycles. The summed E-state index contributed by atoms with van der Waals surface area (Å²) in [6, 6.07) is 0. The molecule has 46 valence electrons. The van der Waals surface area contributed by atoms with Crippen molar-refractivity contribution in [3.63, 3.8) is 0 Å². The fraction of sp³-hybridized carbons (Fsp3) is 0.400.